The van der Waals surface area contributed by atoms with E-state index in [4.69, 9.17) is 0 Å². The molecule has 88 valence electrons. The van der Waals surface area contributed by atoms with Crippen LogP contribution in [0.1, 0.15) is 0 Å². The van der Waals surface area contributed by atoms with Crippen LogP contribution in [0.25, 0.3) is 0 Å². The quantitative estimate of drug-likeness (QED) is 0.631. The van der Waals surface area contributed by atoms with E-state index in [0.29, 0.717) is 6.26 Å². The Labute approximate surface area is 89.1 Å². The number of rotatable bonds is 5. The average molecular weight is 273 g/mol. The van der Waals surface area contributed by atoms with Crippen molar-refractivity contribution >= 4 is 29.5 Å². The van der Waals surface area contributed by atoms with Gasteiger partial charge in [-0.1, -0.05) is 13.2 Å². The lowest BCUT2D eigenvalue weighted by Crippen LogP contribution is -2.26. The van der Waals surface area contributed by atoms with E-state index in [-0.39, 0.29) is 10.8 Å². The Morgan fingerprint density at radius 1 is 0.867 bits per heavy atom. The molecular formula is C6H9O6S3-. The molecule has 0 bridgehead atoms. The van der Waals surface area contributed by atoms with Gasteiger partial charge in [0.1, 0.15) is 0 Å². The van der Waals surface area contributed by atoms with Crippen LogP contribution >= 0.6 is 0 Å². The van der Waals surface area contributed by atoms with Crippen molar-refractivity contribution in [3.63, 3.8) is 0 Å². The van der Waals surface area contributed by atoms with E-state index in [1.54, 1.807) is 0 Å². The Hall–Kier alpha value is -0.670. The van der Waals surface area contributed by atoms with E-state index in [9.17, 15) is 25.3 Å². The van der Waals surface area contributed by atoms with Gasteiger partial charge in [0.05, 0.1) is 33.4 Å². The van der Waals surface area contributed by atoms with Crippen LogP contribution < -0.4 is 0 Å². The van der Waals surface area contributed by atoms with E-state index in [2.05, 4.69) is 13.2 Å². The van der Waals surface area contributed by atoms with Crippen LogP contribution in [-0.4, -0.2) is 31.5 Å². The molecule has 0 fully saturated rings. The molecule has 0 aromatic rings. The van der Waals surface area contributed by atoms with Gasteiger partial charge in [-0.25, -0.2) is 0 Å². The van der Waals surface area contributed by atoms with Crippen LogP contribution in [0.15, 0.2) is 24.0 Å². The smallest absolute Gasteiger partial charge is 0.0754 e. The minimum Gasteiger partial charge on any atom is -0.260 e. The molecule has 15 heavy (non-hydrogen) atoms. The van der Waals surface area contributed by atoms with Crippen molar-refractivity contribution in [1.29, 1.82) is 0 Å². The van der Waals surface area contributed by atoms with Gasteiger partial charge in [-0.05, 0) is 10.8 Å². The Kier molecular flexibility index (Phi) is 3.88. The van der Waals surface area contributed by atoms with E-state index < -0.39 is 33.4 Å². The third kappa shape index (κ3) is 3.14. The number of hydrogen-bond acceptors (Lipinski definition) is 6. The molecule has 0 N–H and O–H groups in total. The van der Waals surface area contributed by atoms with Crippen molar-refractivity contribution in [3.8, 4) is 0 Å². The lowest BCUT2D eigenvalue weighted by atomic mass is 11.3. The van der Waals surface area contributed by atoms with Gasteiger partial charge in [0.15, 0.2) is 0 Å². The first-order valence-corrected chi connectivity index (χ1v) is 8.29. The molecule has 0 aromatic carbocycles. The normalized spacial score (nSPS) is 13.7. The molecule has 0 aliphatic rings. The first-order valence-electron chi connectivity index (χ1n) is 3.31. The minimum atomic E-state index is -4.55. The average Bonchev–Trinajstić information content (AvgIpc) is 2.00. The lowest BCUT2D eigenvalue weighted by Gasteiger charge is -2.23. The van der Waals surface area contributed by atoms with Crippen LogP contribution in [0.4, 0.5) is 0 Å². The van der Waals surface area contributed by atoms with Crippen molar-refractivity contribution in [1.82, 2.24) is 0 Å². The zero-order valence-corrected chi connectivity index (χ0v) is 10.2. The maximum atomic E-state index is 11.2. The molecule has 0 aliphatic heterocycles. The minimum absolute atomic E-state index is 0.254. The summed E-state index contributed by atoms with van der Waals surface area (Å²) >= 11 is 0. The van der Waals surface area contributed by atoms with Crippen LogP contribution in [0, 0.1) is 3.91 Å². The van der Waals surface area contributed by atoms with Crippen molar-refractivity contribution in [2.24, 2.45) is 0 Å². The van der Waals surface area contributed by atoms with Gasteiger partial charge < -0.3 is 0 Å². The summed E-state index contributed by atoms with van der Waals surface area (Å²) in [6.45, 7) is 5.69. The third-order valence-corrected chi connectivity index (χ3v) is 8.22. The zero-order chi connectivity index (χ0) is 12.5. The van der Waals surface area contributed by atoms with Crippen molar-refractivity contribution in [2.75, 3.05) is 6.26 Å². The highest BCUT2D eigenvalue weighted by Crippen LogP contribution is 2.26. The van der Waals surface area contributed by atoms with Crippen LogP contribution in [0.5, 0.6) is 0 Å². The first-order chi connectivity index (χ1) is 6.49. The van der Waals surface area contributed by atoms with Crippen molar-refractivity contribution in [2.45, 2.75) is 0 Å². The summed E-state index contributed by atoms with van der Waals surface area (Å²) in [6, 6.07) is 0. The molecule has 0 amide bonds. The molecule has 0 heterocycles. The second kappa shape index (κ2) is 4.06. The summed E-state index contributed by atoms with van der Waals surface area (Å²) in [5.74, 6) is 0. The summed E-state index contributed by atoms with van der Waals surface area (Å²) in [5.41, 5.74) is 0. The predicted molar refractivity (Wildman–Crippen MR) is 56.3 cm³/mol. The molecule has 0 atom stereocenters. The highest BCUT2D eigenvalue weighted by atomic mass is 32.3. The molecule has 0 rings (SSSR count). The van der Waals surface area contributed by atoms with Gasteiger partial charge in [0.2, 0.25) is 0 Å². The Morgan fingerprint density at radius 3 is 1.27 bits per heavy atom. The van der Waals surface area contributed by atoms with Crippen LogP contribution in [0.2, 0.25) is 0 Å². The number of sulfone groups is 3. The zero-order valence-electron chi connectivity index (χ0n) is 7.74. The largest absolute Gasteiger partial charge is 0.260 e. The van der Waals surface area contributed by atoms with Gasteiger partial charge in [0.25, 0.3) is 0 Å². The molecule has 6 nitrogen and oxygen atoms in total. The fourth-order valence-electron chi connectivity index (χ4n) is 0.720. The molecular weight excluding hydrogens is 264 g/mol. The maximum absolute atomic E-state index is 11.2. The van der Waals surface area contributed by atoms with Gasteiger partial charge in [-0.2, -0.15) is 0 Å². The molecule has 0 unspecified atom stereocenters. The fourth-order valence-corrected chi connectivity index (χ4v) is 6.48. The molecule has 0 radical (unpaired) electrons. The van der Waals surface area contributed by atoms with Gasteiger partial charge in [-0.3, -0.25) is 25.3 Å². The second-order valence-electron chi connectivity index (χ2n) is 2.45. The van der Waals surface area contributed by atoms with Crippen LogP contribution in [-0.2, 0) is 29.5 Å². The highest BCUT2D eigenvalue weighted by Gasteiger charge is 2.28. The first kappa shape index (κ1) is 14.3. The molecule has 0 spiro atoms. The van der Waals surface area contributed by atoms with Crippen LogP contribution in [0.3, 0.4) is 0 Å². The number of hydrogen-bond donors (Lipinski definition) is 0. The summed E-state index contributed by atoms with van der Waals surface area (Å²) < 4.78 is 65.3. The summed E-state index contributed by atoms with van der Waals surface area (Å²) in [6.07, 6.45) is 0.477. The molecule has 0 aliphatic carbocycles. The summed E-state index contributed by atoms with van der Waals surface area (Å²) in [5, 5.41) is 0.509. The summed E-state index contributed by atoms with van der Waals surface area (Å²) in [7, 11) is -13.5. The molecule has 0 aromatic heterocycles. The second-order valence-corrected chi connectivity index (χ2v) is 8.84. The SMILES string of the molecule is C=CS(=O)(=O)[C-](S(C)(=O)=O)S(=O)(=O)C=C. The van der Waals surface area contributed by atoms with Gasteiger partial charge in [-0.15, -0.1) is 0 Å². The van der Waals surface area contributed by atoms with Crippen molar-refractivity contribution in [3.05, 3.63) is 27.9 Å². The fraction of sp³-hybridized carbons (Fsp3) is 0.167. The van der Waals surface area contributed by atoms with E-state index >= 15 is 0 Å². The molecule has 0 saturated heterocycles. The molecule has 0 saturated carbocycles. The van der Waals surface area contributed by atoms with E-state index in [0.717, 1.165) is 0 Å². The van der Waals surface area contributed by atoms with E-state index in [1.165, 1.54) is 0 Å². The Morgan fingerprint density at radius 2 is 1.13 bits per heavy atom. The Bertz CT molecular complexity index is 524. The monoisotopic (exact) mass is 273 g/mol. The topological polar surface area (TPSA) is 102 Å². The predicted octanol–water partition coefficient (Wildman–Crippen LogP) is -0.405. The van der Waals surface area contributed by atoms with Crippen molar-refractivity contribution < 1.29 is 25.3 Å². The van der Waals surface area contributed by atoms with Gasteiger partial charge in [0, 0.05) is 6.26 Å². The standard InChI is InChI=1S/C6H9O6S3/c1-4-14(9,10)6(13(3,7)8)15(11,12)5-2/h4-5H,1-2H2,3H3/q-1. The third-order valence-electron chi connectivity index (χ3n) is 1.21. The Balaban J connectivity index is 6.19. The lowest BCUT2D eigenvalue weighted by molar-refractivity contribution is 0.592. The highest BCUT2D eigenvalue weighted by molar-refractivity contribution is 8.30. The van der Waals surface area contributed by atoms with Gasteiger partial charge >= 0.3 is 0 Å². The molecule has 9 heteroatoms. The van der Waals surface area contributed by atoms with E-state index in [1.807, 2.05) is 0 Å². The summed E-state index contributed by atoms with van der Waals surface area (Å²) in [4.78, 5) is 0. The maximum Gasteiger partial charge on any atom is 0.0754 e.